The molecule has 1 heterocycles. The number of ether oxygens (including phenoxy) is 2. The number of non-ortho nitro benzene ring substituents is 1. The average molecular weight is 556 g/mol. The van der Waals surface area contributed by atoms with Gasteiger partial charge in [0, 0.05) is 24.2 Å². The van der Waals surface area contributed by atoms with E-state index in [2.05, 4.69) is 5.32 Å². The molecule has 208 valence electrons. The van der Waals surface area contributed by atoms with Crippen LogP contribution < -0.4 is 14.8 Å². The van der Waals surface area contributed by atoms with E-state index in [9.17, 15) is 24.1 Å². The maximum absolute atomic E-state index is 14.2. The molecule has 2 atom stereocenters. The molecule has 1 aliphatic rings. The van der Waals surface area contributed by atoms with Crippen molar-refractivity contribution in [3.63, 3.8) is 0 Å². The molecule has 5 rings (SSSR count). The quantitative estimate of drug-likeness (QED) is 0.215. The Hall–Kier alpha value is -5.25. The number of carbonyl (C=O) groups is 2. The second-order valence-corrected chi connectivity index (χ2v) is 9.47. The van der Waals surface area contributed by atoms with Crippen LogP contribution in [0.25, 0.3) is 0 Å². The molecule has 4 aromatic carbocycles. The summed E-state index contributed by atoms with van der Waals surface area (Å²) in [7, 11) is 2.94. The number of hydrogen-bond donors (Lipinski definition) is 1. The van der Waals surface area contributed by atoms with E-state index >= 15 is 0 Å². The van der Waals surface area contributed by atoms with Gasteiger partial charge in [-0.1, -0.05) is 42.5 Å². The minimum atomic E-state index is -0.915. The molecule has 10 heteroatoms. The number of hydrogen-bond acceptors (Lipinski definition) is 6. The molecule has 0 radical (unpaired) electrons. The van der Waals surface area contributed by atoms with Gasteiger partial charge < -0.3 is 19.7 Å². The Morgan fingerprint density at radius 2 is 1.68 bits per heavy atom. The maximum atomic E-state index is 14.2. The number of carbonyl (C=O) groups excluding carboxylic acids is 2. The fourth-order valence-corrected chi connectivity index (χ4v) is 5.13. The fourth-order valence-electron chi connectivity index (χ4n) is 5.13. The molecule has 1 aliphatic heterocycles. The Balaban J connectivity index is 1.64. The van der Waals surface area contributed by atoms with Crippen LogP contribution in [0.2, 0.25) is 0 Å². The van der Waals surface area contributed by atoms with Gasteiger partial charge in [-0.25, -0.2) is 4.39 Å². The molecular formula is C31H26FN3O6. The van der Waals surface area contributed by atoms with Crippen LogP contribution in [-0.4, -0.2) is 35.9 Å². The van der Waals surface area contributed by atoms with E-state index in [4.69, 9.17) is 9.47 Å². The normalized spacial score (nSPS) is 16.1. The van der Waals surface area contributed by atoms with Crippen molar-refractivity contribution in [2.75, 3.05) is 19.5 Å². The number of amides is 2. The summed E-state index contributed by atoms with van der Waals surface area (Å²) in [6, 6.07) is 22.9. The Bertz CT molecular complexity index is 1610. The van der Waals surface area contributed by atoms with E-state index in [-0.39, 0.29) is 29.6 Å². The number of nitro groups is 1. The first kappa shape index (κ1) is 27.3. The standard InChI is InChI=1S/C31H26FN3O6/c1-40-23-14-9-20(10-15-23)29-28(30(36)33-26-17-22(35(38)39)13-16-27(26)41-2)24-5-3-4-6-25(24)31(37)34(29)18-19-7-11-21(32)12-8-19/h3-17,28-29H,18H2,1-2H3,(H,33,36)/t28-,29-/m1/s1. The molecule has 0 spiro atoms. The first-order chi connectivity index (χ1) is 19.8. The summed E-state index contributed by atoms with van der Waals surface area (Å²) >= 11 is 0. The van der Waals surface area contributed by atoms with Crippen LogP contribution in [0.5, 0.6) is 11.5 Å². The third-order valence-corrected chi connectivity index (χ3v) is 7.10. The number of nitrogens with zero attached hydrogens (tertiary/aromatic N) is 2. The number of fused-ring (bicyclic) bond motifs is 1. The van der Waals surface area contributed by atoms with Crippen LogP contribution in [0.3, 0.4) is 0 Å². The van der Waals surface area contributed by atoms with Crippen LogP contribution in [-0.2, 0) is 11.3 Å². The van der Waals surface area contributed by atoms with Crippen molar-refractivity contribution in [1.29, 1.82) is 0 Å². The van der Waals surface area contributed by atoms with Gasteiger partial charge in [0.2, 0.25) is 5.91 Å². The molecule has 4 aromatic rings. The monoisotopic (exact) mass is 555 g/mol. The van der Waals surface area contributed by atoms with Gasteiger partial charge >= 0.3 is 0 Å². The summed E-state index contributed by atoms with van der Waals surface area (Å²) in [5, 5.41) is 14.3. The van der Waals surface area contributed by atoms with Crippen LogP contribution in [0, 0.1) is 15.9 Å². The number of rotatable bonds is 8. The molecular weight excluding hydrogens is 529 g/mol. The molecule has 0 unspecified atom stereocenters. The number of methoxy groups -OCH3 is 2. The number of nitrogens with one attached hydrogen (secondary N) is 1. The third-order valence-electron chi connectivity index (χ3n) is 7.10. The zero-order valence-corrected chi connectivity index (χ0v) is 22.2. The van der Waals surface area contributed by atoms with Crippen LogP contribution in [0.15, 0.2) is 91.0 Å². The van der Waals surface area contributed by atoms with Crippen LogP contribution >= 0.6 is 0 Å². The Morgan fingerprint density at radius 1 is 0.976 bits per heavy atom. The Labute approximate surface area is 235 Å². The lowest BCUT2D eigenvalue weighted by Crippen LogP contribution is -2.45. The molecule has 0 aromatic heterocycles. The SMILES string of the molecule is COc1ccc([C@@H]2[C@H](C(=O)Nc3cc([N+](=O)[O-])ccc3OC)c3ccccc3C(=O)N2Cc2ccc(F)cc2)cc1. The molecule has 9 nitrogen and oxygen atoms in total. The lowest BCUT2D eigenvalue weighted by molar-refractivity contribution is -0.384. The summed E-state index contributed by atoms with van der Waals surface area (Å²) in [6.45, 7) is 0.105. The van der Waals surface area contributed by atoms with E-state index in [1.807, 2.05) is 0 Å². The van der Waals surface area contributed by atoms with Crippen molar-refractivity contribution >= 4 is 23.2 Å². The summed E-state index contributed by atoms with van der Waals surface area (Å²) < 4.78 is 24.3. The first-order valence-corrected chi connectivity index (χ1v) is 12.7. The molecule has 0 aliphatic carbocycles. The van der Waals surface area contributed by atoms with Crippen molar-refractivity contribution in [1.82, 2.24) is 4.90 Å². The van der Waals surface area contributed by atoms with E-state index < -0.39 is 28.6 Å². The zero-order chi connectivity index (χ0) is 29.1. The van der Waals surface area contributed by atoms with Gasteiger partial charge in [-0.05, 0) is 53.1 Å². The predicted octanol–water partition coefficient (Wildman–Crippen LogP) is 5.87. The van der Waals surface area contributed by atoms with Crippen LogP contribution in [0.1, 0.15) is 39.0 Å². The molecule has 0 saturated heterocycles. The average Bonchev–Trinajstić information content (AvgIpc) is 2.99. The second kappa shape index (κ2) is 11.5. The molecule has 0 fully saturated rings. The predicted molar refractivity (Wildman–Crippen MR) is 149 cm³/mol. The zero-order valence-electron chi connectivity index (χ0n) is 22.2. The van der Waals surface area contributed by atoms with Gasteiger partial charge in [0.1, 0.15) is 17.3 Å². The largest absolute Gasteiger partial charge is 0.497 e. The number of nitro benzene ring substituents is 1. The summed E-state index contributed by atoms with van der Waals surface area (Å²) in [5.74, 6) is -1.26. The highest BCUT2D eigenvalue weighted by atomic mass is 19.1. The molecule has 0 bridgehead atoms. The van der Waals surface area contributed by atoms with Gasteiger partial charge in [-0.2, -0.15) is 0 Å². The summed E-state index contributed by atoms with van der Waals surface area (Å²) in [5.41, 5.74) is 2.12. The van der Waals surface area contributed by atoms with Gasteiger partial charge in [0.15, 0.2) is 0 Å². The maximum Gasteiger partial charge on any atom is 0.271 e. The van der Waals surface area contributed by atoms with Gasteiger partial charge in [-0.15, -0.1) is 0 Å². The van der Waals surface area contributed by atoms with Gasteiger partial charge in [0.25, 0.3) is 11.6 Å². The van der Waals surface area contributed by atoms with E-state index in [1.54, 1.807) is 72.7 Å². The van der Waals surface area contributed by atoms with Crippen molar-refractivity contribution < 1.29 is 28.4 Å². The van der Waals surface area contributed by atoms with E-state index in [0.29, 0.717) is 28.0 Å². The number of halogens is 1. The van der Waals surface area contributed by atoms with Crippen molar-refractivity contribution in [2.45, 2.75) is 18.5 Å². The molecule has 1 N–H and O–H groups in total. The van der Waals surface area contributed by atoms with Crippen molar-refractivity contribution in [3.05, 3.63) is 129 Å². The highest BCUT2D eigenvalue weighted by molar-refractivity contribution is 6.05. The number of anilines is 1. The highest BCUT2D eigenvalue weighted by Crippen LogP contribution is 2.45. The molecule has 2 amide bonds. The Kier molecular flexibility index (Phi) is 7.64. The molecule has 41 heavy (non-hydrogen) atoms. The second-order valence-electron chi connectivity index (χ2n) is 9.47. The Morgan fingerprint density at radius 3 is 2.34 bits per heavy atom. The topological polar surface area (TPSA) is 111 Å². The molecule has 0 saturated carbocycles. The van der Waals surface area contributed by atoms with Gasteiger partial charge in [0.05, 0.1) is 36.8 Å². The van der Waals surface area contributed by atoms with Gasteiger partial charge in [-0.3, -0.25) is 19.7 Å². The third kappa shape index (κ3) is 5.44. The van der Waals surface area contributed by atoms with Crippen molar-refractivity contribution in [2.24, 2.45) is 0 Å². The number of benzene rings is 4. The van der Waals surface area contributed by atoms with Crippen molar-refractivity contribution in [3.8, 4) is 11.5 Å². The summed E-state index contributed by atoms with van der Waals surface area (Å²) in [4.78, 5) is 40.6. The lowest BCUT2D eigenvalue weighted by Gasteiger charge is -2.42. The van der Waals surface area contributed by atoms with Crippen LogP contribution in [0.4, 0.5) is 15.8 Å². The highest BCUT2D eigenvalue weighted by Gasteiger charge is 2.44. The fraction of sp³-hybridized carbons (Fsp3) is 0.161. The lowest BCUT2D eigenvalue weighted by atomic mass is 9.79. The van der Waals surface area contributed by atoms with E-state index in [0.717, 1.165) is 0 Å². The first-order valence-electron chi connectivity index (χ1n) is 12.7. The minimum absolute atomic E-state index is 0.105. The van der Waals surface area contributed by atoms with E-state index in [1.165, 1.54) is 37.4 Å². The smallest absolute Gasteiger partial charge is 0.271 e. The summed E-state index contributed by atoms with van der Waals surface area (Å²) in [6.07, 6.45) is 0. The minimum Gasteiger partial charge on any atom is -0.497 e.